The maximum absolute atomic E-state index is 12.2. The van der Waals surface area contributed by atoms with Gasteiger partial charge in [0.25, 0.3) is 5.91 Å². The van der Waals surface area contributed by atoms with E-state index < -0.39 is 0 Å². The summed E-state index contributed by atoms with van der Waals surface area (Å²) in [5, 5.41) is 7.21. The Labute approximate surface area is 129 Å². The van der Waals surface area contributed by atoms with Crippen molar-refractivity contribution >= 4 is 27.9 Å². The van der Waals surface area contributed by atoms with Gasteiger partial charge in [0, 0.05) is 25.3 Å². The maximum Gasteiger partial charge on any atom is 0.263 e. The molecule has 5 nitrogen and oxygen atoms in total. The molecule has 1 aliphatic rings. The highest BCUT2D eigenvalue weighted by Crippen LogP contribution is 2.50. The first-order valence-corrected chi connectivity index (χ1v) is 7.96. The minimum Gasteiger partial charge on any atom is -0.397 e. The average Bonchev–Trinajstić information content (AvgIpc) is 3.22. The number of nitrogen functional groups attached to an aromatic ring is 1. The normalized spacial score (nSPS) is 15.5. The van der Waals surface area contributed by atoms with Crippen molar-refractivity contribution in [3.63, 3.8) is 0 Å². The molecule has 21 heavy (non-hydrogen) atoms. The molecule has 116 valence electrons. The summed E-state index contributed by atoms with van der Waals surface area (Å²) in [6, 6.07) is 0.176. The van der Waals surface area contributed by atoms with Crippen molar-refractivity contribution in [3.05, 3.63) is 23.1 Å². The third kappa shape index (κ3) is 3.77. The van der Waals surface area contributed by atoms with Gasteiger partial charge in [-0.05, 0) is 25.7 Å². The van der Waals surface area contributed by atoms with Crippen molar-refractivity contribution in [1.29, 1.82) is 0 Å². The fourth-order valence-electron chi connectivity index (χ4n) is 2.27. The fraction of sp³-hybridized carbons (Fsp3) is 0.533. The smallest absolute Gasteiger partial charge is 0.263 e. The van der Waals surface area contributed by atoms with E-state index in [1.165, 1.54) is 11.3 Å². The van der Waals surface area contributed by atoms with Gasteiger partial charge in [-0.25, -0.2) is 0 Å². The quantitative estimate of drug-likeness (QED) is 0.645. The zero-order valence-corrected chi connectivity index (χ0v) is 13.4. The van der Waals surface area contributed by atoms with E-state index >= 15 is 0 Å². The number of anilines is 2. The standard InChI is InChI=1S/C15H23N3O2S/c1-4-7-17-14(19)13-12(16)11(10-5-6-10)15(21-13)18-9(2)8-20-3/h4,9-10,18H,1,5-8,16H2,2-3H3,(H,17,19). The molecule has 4 N–H and O–H groups in total. The second-order valence-electron chi connectivity index (χ2n) is 5.36. The molecule has 1 heterocycles. The van der Waals surface area contributed by atoms with Crippen LogP contribution in [0.4, 0.5) is 10.7 Å². The summed E-state index contributed by atoms with van der Waals surface area (Å²) >= 11 is 1.43. The monoisotopic (exact) mass is 309 g/mol. The minimum absolute atomic E-state index is 0.133. The molecular weight excluding hydrogens is 286 g/mol. The van der Waals surface area contributed by atoms with Gasteiger partial charge in [0.05, 0.1) is 17.3 Å². The predicted octanol–water partition coefficient (Wildman–Crippen LogP) is 2.57. The van der Waals surface area contributed by atoms with Crippen LogP contribution in [0.5, 0.6) is 0 Å². The SMILES string of the molecule is C=CCNC(=O)c1sc(NC(C)COC)c(C2CC2)c1N. The van der Waals surface area contributed by atoms with Crippen LogP contribution < -0.4 is 16.4 Å². The molecule has 1 aromatic heterocycles. The van der Waals surface area contributed by atoms with Gasteiger partial charge in [0.1, 0.15) is 4.88 Å². The molecule has 0 aliphatic heterocycles. The third-order valence-electron chi connectivity index (χ3n) is 3.38. The van der Waals surface area contributed by atoms with Crippen LogP contribution in [-0.4, -0.2) is 32.2 Å². The number of methoxy groups -OCH3 is 1. The number of carbonyl (C=O) groups is 1. The first kappa shape index (κ1) is 15.9. The van der Waals surface area contributed by atoms with Crippen LogP contribution in [0.3, 0.4) is 0 Å². The largest absolute Gasteiger partial charge is 0.397 e. The maximum atomic E-state index is 12.2. The molecule has 2 rings (SSSR count). The van der Waals surface area contributed by atoms with Crippen molar-refractivity contribution in [3.8, 4) is 0 Å². The third-order valence-corrected chi connectivity index (χ3v) is 4.53. The lowest BCUT2D eigenvalue weighted by molar-refractivity contribution is 0.0963. The summed E-state index contributed by atoms with van der Waals surface area (Å²) in [5.41, 5.74) is 7.94. The predicted molar refractivity (Wildman–Crippen MR) is 88.2 cm³/mol. The molecule has 1 unspecified atom stereocenters. The first-order chi connectivity index (χ1) is 10.1. The summed E-state index contributed by atoms with van der Waals surface area (Å²) in [6.07, 6.45) is 3.94. The van der Waals surface area contributed by atoms with Gasteiger partial charge < -0.3 is 21.1 Å². The van der Waals surface area contributed by atoms with Crippen LogP contribution in [0.15, 0.2) is 12.7 Å². The van der Waals surface area contributed by atoms with Crippen LogP contribution in [-0.2, 0) is 4.74 Å². The summed E-state index contributed by atoms with van der Waals surface area (Å²) in [6.45, 7) is 6.70. The molecule has 0 aromatic carbocycles. The Hall–Kier alpha value is -1.53. The Balaban J connectivity index is 2.22. The van der Waals surface area contributed by atoms with Gasteiger partial charge >= 0.3 is 0 Å². The van der Waals surface area contributed by atoms with E-state index in [0.717, 1.165) is 23.4 Å². The van der Waals surface area contributed by atoms with Crippen molar-refractivity contribution in [2.45, 2.75) is 31.7 Å². The summed E-state index contributed by atoms with van der Waals surface area (Å²) in [7, 11) is 1.68. The van der Waals surface area contributed by atoms with Crippen LogP contribution in [0, 0.1) is 0 Å². The fourth-order valence-corrected chi connectivity index (χ4v) is 3.51. The molecule has 1 atom stereocenters. The number of carbonyl (C=O) groups excluding carboxylic acids is 1. The number of nitrogens with one attached hydrogen (secondary N) is 2. The van der Waals surface area contributed by atoms with E-state index in [4.69, 9.17) is 10.5 Å². The Morgan fingerprint density at radius 1 is 1.62 bits per heavy atom. The molecule has 1 aliphatic carbocycles. The molecule has 1 saturated carbocycles. The van der Waals surface area contributed by atoms with Crippen molar-refractivity contribution < 1.29 is 9.53 Å². The second-order valence-corrected chi connectivity index (χ2v) is 6.38. The van der Waals surface area contributed by atoms with E-state index in [-0.39, 0.29) is 11.9 Å². The second kappa shape index (κ2) is 6.95. The number of nitrogens with two attached hydrogens (primary N) is 1. The molecule has 6 heteroatoms. The first-order valence-electron chi connectivity index (χ1n) is 7.15. The molecule has 1 amide bonds. The summed E-state index contributed by atoms with van der Waals surface area (Å²) < 4.78 is 5.15. The molecule has 0 bridgehead atoms. The van der Waals surface area contributed by atoms with Gasteiger partial charge in [-0.1, -0.05) is 6.08 Å². The van der Waals surface area contributed by atoms with Gasteiger partial charge in [-0.15, -0.1) is 17.9 Å². The molecular formula is C15H23N3O2S. The molecule has 0 spiro atoms. The number of thiophene rings is 1. The number of amides is 1. The van der Waals surface area contributed by atoms with Crippen molar-refractivity contribution in [2.75, 3.05) is 31.3 Å². The summed E-state index contributed by atoms with van der Waals surface area (Å²) in [4.78, 5) is 12.8. The number of rotatable bonds is 8. The lowest BCUT2D eigenvalue weighted by Crippen LogP contribution is -2.23. The van der Waals surface area contributed by atoms with Gasteiger partial charge in [0.15, 0.2) is 0 Å². The summed E-state index contributed by atoms with van der Waals surface area (Å²) in [5.74, 6) is 0.353. The Bertz CT molecular complexity index is 523. The van der Waals surface area contributed by atoms with Gasteiger partial charge in [-0.2, -0.15) is 0 Å². The highest BCUT2D eigenvalue weighted by atomic mass is 32.1. The molecule has 1 fully saturated rings. The molecule has 0 radical (unpaired) electrons. The van der Waals surface area contributed by atoms with Crippen LogP contribution in [0.25, 0.3) is 0 Å². The number of ether oxygens (including phenoxy) is 1. The van der Waals surface area contributed by atoms with Crippen molar-refractivity contribution in [2.24, 2.45) is 0 Å². The lowest BCUT2D eigenvalue weighted by atomic mass is 10.1. The number of hydrogen-bond donors (Lipinski definition) is 3. The van der Waals surface area contributed by atoms with Gasteiger partial charge in [-0.3, -0.25) is 4.79 Å². The van der Waals surface area contributed by atoms with E-state index in [9.17, 15) is 4.79 Å². The lowest BCUT2D eigenvalue weighted by Gasteiger charge is -2.14. The Kier molecular flexibility index (Phi) is 5.25. The van der Waals surface area contributed by atoms with E-state index in [1.807, 2.05) is 6.92 Å². The van der Waals surface area contributed by atoms with Crippen LogP contribution >= 0.6 is 11.3 Å². The molecule has 0 saturated heterocycles. The highest BCUT2D eigenvalue weighted by molar-refractivity contribution is 7.18. The van der Waals surface area contributed by atoms with E-state index in [1.54, 1.807) is 13.2 Å². The van der Waals surface area contributed by atoms with Crippen LogP contribution in [0.2, 0.25) is 0 Å². The topological polar surface area (TPSA) is 76.4 Å². The van der Waals surface area contributed by atoms with Crippen LogP contribution in [0.1, 0.15) is 40.9 Å². The van der Waals surface area contributed by atoms with Crippen molar-refractivity contribution in [1.82, 2.24) is 5.32 Å². The number of hydrogen-bond acceptors (Lipinski definition) is 5. The highest BCUT2D eigenvalue weighted by Gasteiger charge is 2.33. The Morgan fingerprint density at radius 3 is 2.90 bits per heavy atom. The zero-order chi connectivity index (χ0) is 15.4. The average molecular weight is 309 g/mol. The minimum atomic E-state index is -0.133. The van der Waals surface area contributed by atoms with Gasteiger partial charge in [0.2, 0.25) is 0 Å². The zero-order valence-electron chi connectivity index (χ0n) is 12.6. The van der Waals surface area contributed by atoms with E-state index in [2.05, 4.69) is 17.2 Å². The Morgan fingerprint density at radius 2 is 2.33 bits per heavy atom. The van der Waals surface area contributed by atoms with E-state index in [0.29, 0.717) is 29.6 Å². The molecule has 1 aromatic rings.